The van der Waals surface area contributed by atoms with Gasteiger partial charge in [-0.25, -0.2) is 0 Å². The van der Waals surface area contributed by atoms with Crippen LogP contribution in [0.5, 0.6) is 23.0 Å². The largest absolute Gasteiger partial charge is 0.493 e. The molecule has 0 aliphatic heterocycles. The fraction of sp³-hybridized carbons (Fsp3) is 0.400. The van der Waals surface area contributed by atoms with Crippen LogP contribution in [0.2, 0.25) is 0 Å². The molecule has 0 N–H and O–H groups in total. The molecule has 0 saturated heterocycles. The van der Waals surface area contributed by atoms with Gasteiger partial charge in [0, 0.05) is 6.42 Å². The minimum absolute atomic E-state index is 0.382. The number of oxime groups is 1. The van der Waals surface area contributed by atoms with E-state index in [9.17, 15) is 0 Å². The molecule has 0 spiro atoms. The lowest BCUT2D eigenvalue weighted by Gasteiger charge is -2.14. The quantitative estimate of drug-likeness (QED) is 0.183. The summed E-state index contributed by atoms with van der Waals surface area (Å²) in [6, 6.07) is 11.5. The summed E-state index contributed by atoms with van der Waals surface area (Å²) in [4.78, 5) is 4.71. The van der Waals surface area contributed by atoms with Crippen LogP contribution in [0, 0.1) is 13.8 Å². The van der Waals surface area contributed by atoms with Gasteiger partial charge in [0.25, 0.3) is 0 Å². The monoisotopic (exact) mass is 427 g/mol. The molecule has 0 aromatic heterocycles. The van der Waals surface area contributed by atoms with Crippen LogP contribution in [0.3, 0.4) is 0 Å². The topological polar surface area (TPSA) is 58.5 Å². The molecule has 0 radical (unpaired) electrons. The van der Waals surface area contributed by atoms with Gasteiger partial charge in [-0.2, -0.15) is 0 Å². The number of aryl methyl sites for hydroxylation is 2. The van der Waals surface area contributed by atoms with E-state index >= 15 is 0 Å². The smallest absolute Gasteiger partial charge is 0.129 e. The molecule has 0 aliphatic rings. The number of hydrogen-bond acceptors (Lipinski definition) is 6. The maximum atomic E-state index is 5.99. The van der Waals surface area contributed by atoms with Gasteiger partial charge in [-0.05, 0) is 75.2 Å². The van der Waals surface area contributed by atoms with Gasteiger partial charge in [0.2, 0.25) is 0 Å². The van der Waals surface area contributed by atoms with E-state index in [1.807, 2.05) is 76.2 Å². The Bertz CT molecular complexity index is 836. The van der Waals surface area contributed by atoms with E-state index in [1.54, 1.807) is 0 Å². The Morgan fingerprint density at radius 2 is 1.48 bits per heavy atom. The van der Waals surface area contributed by atoms with Gasteiger partial charge in [-0.3, -0.25) is 0 Å². The highest BCUT2D eigenvalue weighted by atomic mass is 16.6. The fourth-order valence-corrected chi connectivity index (χ4v) is 2.89. The van der Waals surface area contributed by atoms with E-state index < -0.39 is 0 Å². The molecule has 2 aromatic rings. The Balaban J connectivity index is 1.72. The third-order valence-electron chi connectivity index (χ3n) is 4.34. The predicted octanol–water partition coefficient (Wildman–Crippen LogP) is 5.51. The number of nitrogens with zero attached hydrogens (tertiary/aromatic N) is 1. The van der Waals surface area contributed by atoms with Gasteiger partial charge in [-0.1, -0.05) is 17.3 Å². The number of allylic oxidation sites excluding steroid dienone is 1. The first-order valence-electron chi connectivity index (χ1n) is 10.4. The minimum atomic E-state index is 0.382. The summed E-state index contributed by atoms with van der Waals surface area (Å²) in [5.74, 6) is 3.32. The zero-order chi connectivity index (χ0) is 22.5. The molecule has 0 fully saturated rings. The van der Waals surface area contributed by atoms with Crippen LogP contribution in [-0.4, -0.2) is 39.2 Å². The van der Waals surface area contributed by atoms with Crippen molar-refractivity contribution >= 4 is 5.71 Å². The van der Waals surface area contributed by atoms with Crippen molar-refractivity contribution in [1.29, 1.82) is 0 Å². The summed E-state index contributed by atoms with van der Waals surface area (Å²) in [5, 5.41) is 3.81. The molecule has 168 valence electrons. The van der Waals surface area contributed by atoms with Crippen molar-refractivity contribution in [3.05, 3.63) is 59.7 Å². The molecular formula is C25H33NO5. The number of hydrogen-bond donors (Lipinski definition) is 0. The van der Waals surface area contributed by atoms with Gasteiger partial charge < -0.3 is 23.8 Å². The number of benzene rings is 2. The second kappa shape index (κ2) is 13.2. The third-order valence-corrected chi connectivity index (χ3v) is 4.34. The highest BCUT2D eigenvalue weighted by Crippen LogP contribution is 2.28. The van der Waals surface area contributed by atoms with E-state index in [0.717, 1.165) is 46.3 Å². The number of rotatable bonds is 13. The van der Waals surface area contributed by atoms with Gasteiger partial charge in [0.05, 0.1) is 18.9 Å². The molecule has 0 unspecified atom stereocenters. The van der Waals surface area contributed by atoms with E-state index in [-0.39, 0.29) is 0 Å². The van der Waals surface area contributed by atoms with E-state index in [0.29, 0.717) is 26.4 Å². The summed E-state index contributed by atoms with van der Waals surface area (Å²) in [6.07, 6.45) is 4.74. The van der Waals surface area contributed by atoms with Crippen LogP contribution in [0.1, 0.15) is 31.4 Å². The Labute approximate surface area is 185 Å². The van der Waals surface area contributed by atoms with Gasteiger partial charge in [0.1, 0.15) is 43.3 Å². The third kappa shape index (κ3) is 8.62. The van der Waals surface area contributed by atoms with Gasteiger partial charge >= 0.3 is 0 Å². The van der Waals surface area contributed by atoms with Gasteiger partial charge in [-0.15, -0.1) is 0 Å². The lowest BCUT2D eigenvalue weighted by Crippen LogP contribution is -2.08. The molecule has 31 heavy (non-hydrogen) atoms. The molecule has 0 amide bonds. The molecule has 6 nitrogen and oxygen atoms in total. The fourth-order valence-electron chi connectivity index (χ4n) is 2.89. The lowest BCUT2D eigenvalue weighted by atomic mass is 10.1. The molecule has 0 saturated carbocycles. The summed E-state index contributed by atoms with van der Waals surface area (Å²) in [7, 11) is 1.52. The maximum absolute atomic E-state index is 5.99. The van der Waals surface area contributed by atoms with Crippen molar-refractivity contribution in [2.45, 2.75) is 34.1 Å². The van der Waals surface area contributed by atoms with Crippen LogP contribution in [-0.2, 0) is 4.84 Å². The standard InChI is InChI=1S/C25H33NO5/c1-6-7-13-29-24-16-19(2)25(20(3)17-24)30-15-8-14-28-22-9-11-23(12-10-22)31-18-21(4)26-27-5/h6-7,9-12,16-17H,8,13-15,18H2,1-5H3/b7-6+,26-21?. The minimum Gasteiger partial charge on any atom is -0.493 e. The molecule has 2 rings (SSSR count). The average Bonchev–Trinajstić information content (AvgIpc) is 2.75. The second-order valence-corrected chi connectivity index (χ2v) is 7.09. The average molecular weight is 428 g/mol. The van der Waals surface area contributed by atoms with Crippen LogP contribution in [0.25, 0.3) is 0 Å². The Morgan fingerprint density at radius 3 is 2.10 bits per heavy atom. The van der Waals surface area contributed by atoms with Crippen LogP contribution >= 0.6 is 0 Å². The van der Waals surface area contributed by atoms with Crippen molar-refractivity contribution in [3.63, 3.8) is 0 Å². The highest BCUT2D eigenvalue weighted by Gasteiger charge is 2.07. The first-order chi connectivity index (χ1) is 15.0. The first-order valence-corrected chi connectivity index (χ1v) is 10.4. The molecule has 0 heterocycles. The summed E-state index contributed by atoms with van der Waals surface area (Å²) >= 11 is 0. The van der Waals surface area contributed by atoms with Crippen molar-refractivity contribution in [2.75, 3.05) is 33.5 Å². The highest BCUT2D eigenvalue weighted by molar-refractivity contribution is 5.82. The predicted molar refractivity (Wildman–Crippen MR) is 124 cm³/mol. The molecule has 0 aliphatic carbocycles. The van der Waals surface area contributed by atoms with Crippen molar-refractivity contribution in [3.8, 4) is 23.0 Å². The normalized spacial score (nSPS) is 11.5. The molecule has 2 aromatic carbocycles. The van der Waals surface area contributed by atoms with Gasteiger partial charge in [0.15, 0.2) is 0 Å². The Hall–Kier alpha value is -3.15. The summed E-state index contributed by atoms with van der Waals surface area (Å²) in [5.41, 5.74) is 2.90. The first kappa shape index (κ1) is 24.1. The molecule has 6 heteroatoms. The molecule has 0 bridgehead atoms. The van der Waals surface area contributed by atoms with E-state index in [2.05, 4.69) is 5.16 Å². The van der Waals surface area contributed by atoms with Crippen LogP contribution < -0.4 is 18.9 Å². The maximum Gasteiger partial charge on any atom is 0.129 e. The SMILES string of the molecule is C/C=C/COc1cc(C)c(OCCCOc2ccc(OCC(C)=NOC)cc2)c(C)c1. The van der Waals surface area contributed by atoms with Crippen molar-refractivity contribution in [1.82, 2.24) is 0 Å². The van der Waals surface area contributed by atoms with E-state index in [1.165, 1.54) is 7.11 Å². The second-order valence-electron chi connectivity index (χ2n) is 7.09. The zero-order valence-electron chi connectivity index (χ0n) is 19.1. The van der Waals surface area contributed by atoms with Crippen LogP contribution in [0.4, 0.5) is 0 Å². The summed E-state index contributed by atoms with van der Waals surface area (Å²) in [6.45, 7) is 10.0. The Kier molecular flexibility index (Phi) is 10.3. The molecular weight excluding hydrogens is 394 g/mol. The summed E-state index contributed by atoms with van der Waals surface area (Å²) < 4.78 is 23.1. The number of ether oxygens (including phenoxy) is 4. The van der Waals surface area contributed by atoms with Crippen molar-refractivity contribution < 1.29 is 23.8 Å². The van der Waals surface area contributed by atoms with Crippen molar-refractivity contribution in [2.24, 2.45) is 5.16 Å². The lowest BCUT2D eigenvalue weighted by molar-refractivity contribution is 0.209. The van der Waals surface area contributed by atoms with Crippen LogP contribution in [0.15, 0.2) is 53.7 Å². The molecule has 0 atom stereocenters. The zero-order valence-corrected chi connectivity index (χ0v) is 19.1. The van der Waals surface area contributed by atoms with E-state index in [4.69, 9.17) is 23.8 Å². The Morgan fingerprint density at radius 1 is 0.871 bits per heavy atom.